The summed E-state index contributed by atoms with van der Waals surface area (Å²) in [6.07, 6.45) is 3.27. The van der Waals surface area contributed by atoms with Crippen molar-refractivity contribution in [3.8, 4) is 0 Å². The minimum atomic E-state index is 0.175. The number of hydrogen-bond donors (Lipinski definition) is 0. The number of thiazole rings is 1. The van der Waals surface area contributed by atoms with E-state index in [0.29, 0.717) is 10.9 Å². The summed E-state index contributed by atoms with van der Waals surface area (Å²) in [5, 5.41) is 0.973. The van der Waals surface area contributed by atoms with E-state index in [1.54, 1.807) is 0 Å². The van der Waals surface area contributed by atoms with Crippen LogP contribution in [0.2, 0.25) is 0 Å². The Hall–Kier alpha value is -0.420. The summed E-state index contributed by atoms with van der Waals surface area (Å²) >= 11 is 5.10. The van der Waals surface area contributed by atoms with Gasteiger partial charge in [0.2, 0.25) is 0 Å². The van der Waals surface area contributed by atoms with Crippen LogP contribution < -0.4 is 0 Å². The fraction of sp³-hybridized carbons (Fsp3) is 0.692. The van der Waals surface area contributed by atoms with Gasteiger partial charge in [0.25, 0.3) is 5.91 Å². The van der Waals surface area contributed by atoms with Crippen LogP contribution in [0.25, 0.3) is 0 Å². The molecule has 2 rings (SSSR count). The molecule has 1 aromatic heterocycles. The van der Waals surface area contributed by atoms with Crippen LogP contribution in [-0.4, -0.2) is 33.2 Å². The lowest BCUT2D eigenvalue weighted by Gasteiger charge is -2.25. The van der Waals surface area contributed by atoms with Crippen LogP contribution in [0.4, 0.5) is 0 Å². The Kier molecular flexibility index (Phi) is 4.43. The molecule has 0 bridgehead atoms. The molecule has 5 heteroatoms. The van der Waals surface area contributed by atoms with Crippen molar-refractivity contribution in [2.75, 3.05) is 6.54 Å². The van der Waals surface area contributed by atoms with E-state index in [-0.39, 0.29) is 5.91 Å². The molecule has 2 heterocycles. The van der Waals surface area contributed by atoms with E-state index >= 15 is 0 Å². The van der Waals surface area contributed by atoms with E-state index in [1.165, 1.54) is 11.3 Å². The zero-order valence-electron chi connectivity index (χ0n) is 11.1. The third-order valence-electron chi connectivity index (χ3n) is 3.33. The summed E-state index contributed by atoms with van der Waals surface area (Å²) in [5.74, 6) is 0.175. The molecule has 0 aliphatic carbocycles. The molecule has 0 saturated carbocycles. The molecule has 1 aromatic rings. The highest BCUT2D eigenvalue weighted by Crippen LogP contribution is 2.28. The molecule has 2 unspecified atom stereocenters. The van der Waals surface area contributed by atoms with Gasteiger partial charge in [-0.2, -0.15) is 0 Å². The average molecular weight is 331 g/mol. The van der Waals surface area contributed by atoms with Gasteiger partial charge in [-0.25, -0.2) is 4.98 Å². The number of amides is 1. The van der Waals surface area contributed by atoms with Gasteiger partial charge in [0.1, 0.15) is 4.88 Å². The number of nitrogens with zero attached hydrogens (tertiary/aromatic N) is 2. The van der Waals surface area contributed by atoms with Crippen molar-refractivity contribution < 1.29 is 4.79 Å². The molecule has 1 saturated heterocycles. The van der Waals surface area contributed by atoms with Crippen LogP contribution in [0.15, 0.2) is 0 Å². The lowest BCUT2D eigenvalue weighted by Crippen LogP contribution is -2.36. The lowest BCUT2D eigenvalue weighted by atomic mass is 10.1. The first-order valence-corrected chi connectivity index (χ1v) is 8.11. The molecular formula is C13H19BrN2OS. The molecule has 100 valence electrons. The molecular weight excluding hydrogens is 312 g/mol. The number of aryl methyl sites for hydroxylation is 2. The van der Waals surface area contributed by atoms with Crippen LogP contribution in [-0.2, 0) is 0 Å². The largest absolute Gasteiger partial charge is 0.335 e. The average Bonchev–Trinajstić information content (AvgIpc) is 2.83. The van der Waals surface area contributed by atoms with E-state index in [0.717, 1.165) is 41.4 Å². The minimum absolute atomic E-state index is 0.175. The Labute approximate surface area is 121 Å². The van der Waals surface area contributed by atoms with Gasteiger partial charge in [-0.1, -0.05) is 22.9 Å². The summed E-state index contributed by atoms with van der Waals surface area (Å²) in [6.45, 7) is 6.91. The van der Waals surface area contributed by atoms with Crippen molar-refractivity contribution in [1.29, 1.82) is 0 Å². The van der Waals surface area contributed by atoms with Gasteiger partial charge in [-0.05, 0) is 33.1 Å². The Morgan fingerprint density at radius 3 is 2.89 bits per heavy atom. The molecule has 2 atom stereocenters. The number of carbonyl (C=O) groups is 1. The fourth-order valence-electron chi connectivity index (χ4n) is 2.58. The quantitative estimate of drug-likeness (QED) is 0.794. The minimum Gasteiger partial charge on any atom is -0.335 e. The predicted molar refractivity (Wildman–Crippen MR) is 78.7 cm³/mol. The van der Waals surface area contributed by atoms with Gasteiger partial charge in [0.05, 0.1) is 10.7 Å². The van der Waals surface area contributed by atoms with E-state index in [2.05, 4.69) is 27.8 Å². The van der Waals surface area contributed by atoms with E-state index in [9.17, 15) is 4.79 Å². The molecule has 3 nitrogen and oxygen atoms in total. The SMILES string of the molecule is Cc1nc(C)c(C(=O)N2CCCC2CC(C)Br)s1. The van der Waals surface area contributed by atoms with Crippen LogP contribution in [0.1, 0.15) is 46.6 Å². The Morgan fingerprint density at radius 2 is 2.33 bits per heavy atom. The van der Waals surface area contributed by atoms with Crippen LogP contribution in [0.5, 0.6) is 0 Å². The Balaban J connectivity index is 2.15. The molecule has 1 aliphatic heterocycles. The molecule has 1 aliphatic rings. The van der Waals surface area contributed by atoms with Crippen molar-refractivity contribution in [1.82, 2.24) is 9.88 Å². The number of carbonyl (C=O) groups excluding carboxylic acids is 1. The maximum atomic E-state index is 12.6. The van der Waals surface area contributed by atoms with Gasteiger partial charge >= 0.3 is 0 Å². The topological polar surface area (TPSA) is 33.2 Å². The highest BCUT2D eigenvalue weighted by Gasteiger charge is 2.31. The van der Waals surface area contributed by atoms with Crippen molar-refractivity contribution in [3.63, 3.8) is 0 Å². The van der Waals surface area contributed by atoms with Crippen LogP contribution in [0.3, 0.4) is 0 Å². The molecule has 0 radical (unpaired) electrons. The van der Waals surface area contributed by atoms with Crippen LogP contribution >= 0.6 is 27.3 Å². The van der Waals surface area contributed by atoms with Crippen molar-refractivity contribution >= 4 is 33.2 Å². The second-order valence-electron chi connectivity index (χ2n) is 4.96. The highest BCUT2D eigenvalue weighted by atomic mass is 79.9. The lowest BCUT2D eigenvalue weighted by molar-refractivity contribution is 0.0735. The summed E-state index contributed by atoms with van der Waals surface area (Å²) < 4.78 is 0. The van der Waals surface area contributed by atoms with Crippen molar-refractivity contribution in [3.05, 3.63) is 15.6 Å². The fourth-order valence-corrected chi connectivity index (χ4v) is 3.89. The number of halogens is 1. The third-order valence-corrected chi connectivity index (χ3v) is 4.77. The van der Waals surface area contributed by atoms with Crippen LogP contribution in [0, 0.1) is 13.8 Å². The molecule has 1 fully saturated rings. The number of alkyl halides is 1. The second kappa shape index (κ2) is 5.70. The van der Waals surface area contributed by atoms with Gasteiger partial charge < -0.3 is 4.90 Å². The van der Waals surface area contributed by atoms with Crippen molar-refractivity contribution in [2.45, 2.75) is 50.9 Å². The summed E-state index contributed by atoms with van der Waals surface area (Å²) in [6, 6.07) is 0.383. The number of rotatable bonds is 3. The predicted octanol–water partition coefficient (Wildman–Crippen LogP) is 3.54. The first-order chi connectivity index (χ1) is 8.49. The Morgan fingerprint density at radius 1 is 1.61 bits per heavy atom. The summed E-state index contributed by atoms with van der Waals surface area (Å²) in [7, 11) is 0. The zero-order valence-corrected chi connectivity index (χ0v) is 13.5. The maximum absolute atomic E-state index is 12.6. The zero-order chi connectivity index (χ0) is 13.3. The van der Waals surface area contributed by atoms with Crippen molar-refractivity contribution in [2.24, 2.45) is 0 Å². The summed E-state index contributed by atoms with van der Waals surface area (Å²) in [4.78, 5) is 20.2. The molecule has 0 N–H and O–H groups in total. The smallest absolute Gasteiger partial charge is 0.266 e. The molecule has 1 amide bonds. The normalized spacial score (nSPS) is 21.3. The van der Waals surface area contributed by atoms with Gasteiger partial charge in [-0.3, -0.25) is 4.79 Å². The first-order valence-electron chi connectivity index (χ1n) is 6.38. The van der Waals surface area contributed by atoms with E-state index < -0.39 is 0 Å². The molecule has 0 aromatic carbocycles. The molecule has 0 spiro atoms. The number of hydrogen-bond acceptors (Lipinski definition) is 3. The van der Waals surface area contributed by atoms with Gasteiger partial charge in [-0.15, -0.1) is 11.3 Å². The summed E-state index contributed by atoms with van der Waals surface area (Å²) in [5.41, 5.74) is 0.875. The maximum Gasteiger partial charge on any atom is 0.266 e. The molecule has 18 heavy (non-hydrogen) atoms. The number of aromatic nitrogens is 1. The Bertz CT molecular complexity index is 444. The first kappa shape index (κ1) is 14.0. The third kappa shape index (κ3) is 2.94. The number of likely N-dealkylation sites (tertiary alicyclic amines) is 1. The van der Waals surface area contributed by atoms with E-state index in [4.69, 9.17) is 0 Å². The highest BCUT2D eigenvalue weighted by molar-refractivity contribution is 9.09. The van der Waals surface area contributed by atoms with Gasteiger partial charge in [0, 0.05) is 17.4 Å². The van der Waals surface area contributed by atoms with E-state index in [1.807, 2.05) is 18.7 Å². The standard InChI is InChI=1S/C13H19BrN2OS/c1-8(14)7-11-5-4-6-16(11)13(17)12-9(2)15-10(3)18-12/h8,11H,4-7H2,1-3H3. The second-order valence-corrected chi connectivity index (χ2v) is 7.72. The monoisotopic (exact) mass is 330 g/mol. The van der Waals surface area contributed by atoms with Gasteiger partial charge in [0.15, 0.2) is 0 Å².